The summed E-state index contributed by atoms with van der Waals surface area (Å²) in [7, 11) is 0. The molecule has 1 saturated carbocycles. The molecule has 20 heavy (non-hydrogen) atoms. The molecule has 0 N–H and O–H groups in total. The standard InChI is InChI=1S/C16H24N2O2/c1-12-9-15(20-17-12)10-16(19)18-8-7-14(11-18)13-5-3-2-4-6-13/h9,13-14H,2-8,10-11H2,1H3/t14-/m0/s1. The summed E-state index contributed by atoms with van der Waals surface area (Å²) in [6, 6.07) is 1.85. The Labute approximate surface area is 120 Å². The second-order valence-corrected chi connectivity index (χ2v) is 6.40. The first-order valence-electron chi connectivity index (χ1n) is 7.92. The van der Waals surface area contributed by atoms with Crippen molar-refractivity contribution in [3.63, 3.8) is 0 Å². The maximum Gasteiger partial charge on any atom is 0.230 e. The van der Waals surface area contributed by atoms with Crippen LogP contribution in [0.15, 0.2) is 10.6 Å². The zero-order valence-corrected chi connectivity index (χ0v) is 12.3. The van der Waals surface area contributed by atoms with Gasteiger partial charge in [-0.15, -0.1) is 0 Å². The van der Waals surface area contributed by atoms with Crippen LogP contribution < -0.4 is 0 Å². The number of amides is 1. The van der Waals surface area contributed by atoms with E-state index in [0.717, 1.165) is 30.6 Å². The van der Waals surface area contributed by atoms with Crippen LogP contribution in [0.25, 0.3) is 0 Å². The Balaban J connectivity index is 1.52. The molecule has 1 amide bonds. The van der Waals surface area contributed by atoms with E-state index in [1.165, 1.54) is 38.5 Å². The van der Waals surface area contributed by atoms with Gasteiger partial charge in [0, 0.05) is 19.2 Å². The predicted molar refractivity (Wildman–Crippen MR) is 76.2 cm³/mol. The molecule has 1 atom stereocenters. The van der Waals surface area contributed by atoms with E-state index in [1.54, 1.807) is 0 Å². The van der Waals surface area contributed by atoms with Gasteiger partial charge in [0.15, 0.2) is 0 Å². The zero-order valence-electron chi connectivity index (χ0n) is 12.3. The van der Waals surface area contributed by atoms with Gasteiger partial charge >= 0.3 is 0 Å². The Bertz CT molecular complexity index is 463. The number of rotatable bonds is 3. The van der Waals surface area contributed by atoms with E-state index in [2.05, 4.69) is 5.16 Å². The lowest BCUT2D eigenvalue weighted by molar-refractivity contribution is -0.129. The summed E-state index contributed by atoms with van der Waals surface area (Å²) in [6.45, 7) is 3.76. The van der Waals surface area contributed by atoms with Crippen molar-refractivity contribution in [2.75, 3.05) is 13.1 Å². The van der Waals surface area contributed by atoms with Gasteiger partial charge in [-0.2, -0.15) is 0 Å². The molecule has 0 radical (unpaired) electrons. The summed E-state index contributed by atoms with van der Waals surface area (Å²) in [5, 5.41) is 3.84. The van der Waals surface area contributed by atoms with E-state index in [1.807, 2.05) is 17.9 Å². The van der Waals surface area contributed by atoms with Gasteiger partial charge < -0.3 is 9.42 Å². The maximum atomic E-state index is 12.3. The average Bonchev–Trinajstić information content (AvgIpc) is 3.09. The van der Waals surface area contributed by atoms with Crippen LogP contribution in [0, 0.1) is 18.8 Å². The van der Waals surface area contributed by atoms with E-state index >= 15 is 0 Å². The molecule has 1 aliphatic carbocycles. The summed E-state index contributed by atoms with van der Waals surface area (Å²) in [6.07, 6.45) is 8.45. The van der Waals surface area contributed by atoms with Crippen molar-refractivity contribution < 1.29 is 9.32 Å². The van der Waals surface area contributed by atoms with Gasteiger partial charge in [0.1, 0.15) is 5.76 Å². The van der Waals surface area contributed by atoms with Gasteiger partial charge in [-0.3, -0.25) is 4.79 Å². The molecule has 4 nitrogen and oxygen atoms in total. The van der Waals surface area contributed by atoms with E-state index in [4.69, 9.17) is 4.52 Å². The number of hydrogen-bond acceptors (Lipinski definition) is 3. The molecule has 0 unspecified atom stereocenters. The summed E-state index contributed by atoms with van der Waals surface area (Å²) >= 11 is 0. The Morgan fingerprint density at radius 2 is 2.10 bits per heavy atom. The molecular weight excluding hydrogens is 252 g/mol. The first kappa shape index (κ1) is 13.7. The van der Waals surface area contributed by atoms with Gasteiger partial charge in [0.25, 0.3) is 0 Å². The molecular formula is C16H24N2O2. The zero-order chi connectivity index (χ0) is 13.9. The number of carbonyl (C=O) groups excluding carboxylic acids is 1. The number of carbonyl (C=O) groups is 1. The van der Waals surface area contributed by atoms with Crippen molar-refractivity contribution in [1.82, 2.24) is 10.1 Å². The number of hydrogen-bond donors (Lipinski definition) is 0. The number of aryl methyl sites for hydroxylation is 1. The third-order valence-electron chi connectivity index (χ3n) is 4.90. The lowest BCUT2D eigenvalue weighted by Crippen LogP contribution is -2.31. The van der Waals surface area contributed by atoms with Gasteiger partial charge in [-0.1, -0.05) is 37.3 Å². The van der Waals surface area contributed by atoms with Crippen LogP contribution in [0.4, 0.5) is 0 Å². The fraction of sp³-hybridized carbons (Fsp3) is 0.750. The van der Waals surface area contributed by atoms with E-state index in [9.17, 15) is 4.79 Å². The lowest BCUT2D eigenvalue weighted by Gasteiger charge is -2.27. The Hall–Kier alpha value is -1.32. The Morgan fingerprint density at radius 1 is 1.30 bits per heavy atom. The average molecular weight is 276 g/mol. The molecule has 110 valence electrons. The van der Waals surface area contributed by atoms with Crippen molar-refractivity contribution in [2.24, 2.45) is 11.8 Å². The molecule has 1 aromatic heterocycles. The molecule has 0 aromatic carbocycles. The second-order valence-electron chi connectivity index (χ2n) is 6.40. The topological polar surface area (TPSA) is 46.3 Å². The van der Waals surface area contributed by atoms with Crippen LogP contribution >= 0.6 is 0 Å². The third-order valence-corrected chi connectivity index (χ3v) is 4.90. The van der Waals surface area contributed by atoms with Crippen molar-refractivity contribution >= 4 is 5.91 Å². The minimum atomic E-state index is 0.194. The van der Waals surface area contributed by atoms with Gasteiger partial charge in [0.2, 0.25) is 5.91 Å². The highest BCUT2D eigenvalue weighted by molar-refractivity contribution is 5.78. The molecule has 2 fully saturated rings. The first-order valence-corrected chi connectivity index (χ1v) is 7.92. The molecule has 2 aliphatic rings. The molecule has 4 heteroatoms. The molecule has 1 aromatic rings. The quantitative estimate of drug-likeness (QED) is 0.852. The highest BCUT2D eigenvalue weighted by Gasteiger charge is 2.32. The van der Waals surface area contributed by atoms with Crippen molar-refractivity contribution in [3.05, 3.63) is 17.5 Å². The highest BCUT2D eigenvalue weighted by Crippen LogP contribution is 2.35. The number of likely N-dealkylation sites (tertiary alicyclic amines) is 1. The van der Waals surface area contributed by atoms with E-state index in [-0.39, 0.29) is 5.91 Å². The van der Waals surface area contributed by atoms with Gasteiger partial charge in [-0.25, -0.2) is 0 Å². The minimum Gasteiger partial charge on any atom is -0.361 e. The lowest BCUT2D eigenvalue weighted by atomic mass is 9.80. The first-order chi connectivity index (χ1) is 9.72. The summed E-state index contributed by atoms with van der Waals surface area (Å²) in [4.78, 5) is 14.3. The number of aromatic nitrogens is 1. The van der Waals surface area contributed by atoms with E-state index < -0.39 is 0 Å². The normalized spacial score (nSPS) is 24.2. The van der Waals surface area contributed by atoms with Gasteiger partial charge in [0.05, 0.1) is 12.1 Å². The summed E-state index contributed by atoms with van der Waals surface area (Å²) < 4.78 is 5.14. The third kappa shape index (κ3) is 3.05. The smallest absolute Gasteiger partial charge is 0.230 e. The van der Waals surface area contributed by atoms with Crippen molar-refractivity contribution in [1.29, 1.82) is 0 Å². The van der Waals surface area contributed by atoms with Crippen molar-refractivity contribution in [3.8, 4) is 0 Å². The highest BCUT2D eigenvalue weighted by atomic mass is 16.5. The maximum absolute atomic E-state index is 12.3. The van der Waals surface area contributed by atoms with E-state index in [0.29, 0.717) is 12.2 Å². The molecule has 0 spiro atoms. The van der Waals surface area contributed by atoms with Crippen LogP contribution in [0.1, 0.15) is 50.0 Å². The van der Waals surface area contributed by atoms with Crippen LogP contribution in [-0.2, 0) is 11.2 Å². The molecule has 1 saturated heterocycles. The van der Waals surface area contributed by atoms with Crippen molar-refractivity contribution in [2.45, 2.75) is 51.9 Å². The second kappa shape index (κ2) is 5.98. The van der Waals surface area contributed by atoms with Gasteiger partial charge in [-0.05, 0) is 25.2 Å². The Morgan fingerprint density at radius 3 is 2.80 bits per heavy atom. The molecule has 3 rings (SSSR count). The molecule has 0 bridgehead atoms. The number of nitrogens with zero attached hydrogens (tertiary/aromatic N) is 2. The fourth-order valence-electron chi connectivity index (χ4n) is 3.76. The molecule has 1 aliphatic heterocycles. The van der Waals surface area contributed by atoms with Crippen LogP contribution in [-0.4, -0.2) is 29.1 Å². The summed E-state index contributed by atoms with van der Waals surface area (Å²) in [5.74, 6) is 2.47. The molecule has 2 heterocycles. The SMILES string of the molecule is Cc1cc(CC(=O)N2CC[C@H](C3CCCCC3)C2)on1. The summed E-state index contributed by atoms with van der Waals surface area (Å²) in [5.41, 5.74) is 0.842. The van der Waals surface area contributed by atoms with Crippen LogP contribution in [0.5, 0.6) is 0 Å². The predicted octanol–water partition coefficient (Wildman–Crippen LogP) is 2.95. The fourth-order valence-corrected chi connectivity index (χ4v) is 3.76. The largest absolute Gasteiger partial charge is 0.361 e. The minimum absolute atomic E-state index is 0.194. The monoisotopic (exact) mass is 276 g/mol. The van der Waals surface area contributed by atoms with Crippen LogP contribution in [0.2, 0.25) is 0 Å². The Kier molecular flexibility index (Phi) is 4.08. The van der Waals surface area contributed by atoms with Crippen LogP contribution in [0.3, 0.4) is 0 Å².